The number of hydrogen-bond acceptors (Lipinski definition) is 5. The van der Waals surface area contributed by atoms with Gasteiger partial charge in [-0.1, -0.05) is 6.92 Å². The second-order valence-electron chi connectivity index (χ2n) is 5.68. The number of fused-ring (bicyclic) bond motifs is 1. The lowest BCUT2D eigenvalue weighted by atomic mass is 9.83. The molecule has 1 heterocycles. The van der Waals surface area contributed by atoms with Gasteiger partial charge in [-0.15, -0.1) is 11.6 Å². The molecule has 1 N–H and O–H groups in total. The minimum absolute atomic E-state index is 0.0110. The van der Waals surface area contributed by atoms with Gasteiger partial charge in [0.15, 0.2) is 0 Å². The Morgan fingerprint density at radius 2 is 2.23 bits per heavy atom. The summed E-state index contributed by atoms with van der Waals surface area (Å²) in [4.78, 5) is 23.6. The molecular weight excluding hydrogens is 310 g/mol. The van der Waals surface area contributed by atoms with Gasteiger partial charge in [0.1, 0.15) is 0 Å². The first-order chi connectivity index (χ1) is 10.6. The molecule has 1 aliphatic carbocycles. The number of rotatable bonds is 5. The zero-order chi connectivity index (χ0) is 16.1. The molecule has 4 unspecified atom stereocenters. The topological polar surface area (TPSA) is 73.9 Å². The molecule has 0 aromatic rings. The molecule has 0 aromatic carbocycles. The van der Waals surface area contributed by atoms with Gasteiger partial charge in [0.25, 0.3) is 0 Å². The number of alkyl carbamates (subject to hydrolysis) is 1. The van der Waals surface area contributed by atoms with E-state index in [1.807, 2.05) is 0 Å². The maximum Gasteiger partial charge on any atom is 0.410 e. The van der Waals surface area contributed by atoms with Crippen LogP contribution in [0.5, 0.6) is 0 Å². The maximum atomic E-state index is 11.8. The Kier molecular flexibility index (Phi) is 5.94. The minimum Gasteiger partial charge on any atom is -0.466 e. The van der Waals surface area contributed by atoms with E-state index >= 15 is 0 Å². The number of esters is 1. The van der Waals surface area contributed by atoms with Gasteiger partial charge in [-0.05, 0) is 25.2 Å². The molecule has 6 nitrogen and oxygen atoms in total. The number of alkyl halides is 1. The summed E-state index contributed by atoms with van der Waals surface area (Å²) in [6.45, 7) is 2.54. The fourth-order valence-electron chi connectivity index (χ4n) is 3.19. The molecule has 0 bridgehead atoms. The summed E-state index contributed by atoms with van der Waals surface area (Å²) in [6.07, 6.45) is 2.68. The zero-order valence-corrected chi connectivity index (χ0v) is 13.6. The Labute approximate surface area is 135 Å². The zero-order valence-electron chi connectivity index (χ0n) is 12.8. The quantitative estimate of drug-likeness (QED) is 0.476. The van der Waals surface area contributed by atoms with Gasteiger partial charge in [0.2, 0.25) is 6.29 Å². The van der Waals surface area contributed by atoms with E-state index in [9.17, 15) is 9.59 Å². The summed E-state index contributed by atoms with van der Waals surface area (Å²) < 4.78 is 15.7. The number of ether oxygens (including phenoxy) is 3. The highest BCUT2D eigenvalue weighted by Crippen LogP contribution is 2.46. The van der Waals surface area contributed by atoms with Crippen molar-refractivity contribution in [3.8, 4) is 0 Å². The Balaban J connectivity index is 2.02. The lowest BCUT2D eigenvalue weighted by molar-refractivity contribution is -0.145. The van der Waals surface area contributed by atoms with Crippen LogP contribution in [-0.4, -0.2) is 37.9 Å². The summed E-state index contributed by atoms with van der Waals surface area (Å²) in [7, 11) is 1.35. The molecule has 1 amide bonds. The van der Waals surface area contributed by atoms with Gasteiger partial charge < -0.3 is 19.5 Å². The molecular formula is C15H22ClNO5. The minimum atomic E-state index is -0.674. The van der Waals surface area contributed by atoms with Gasteiger partial charge in [0, 0.05) is 24.3 Å². The van der Waals surface area contributed by atoms with Crippen molar-refractivity contribution < 1.29 is 23.8 Å². The summed E-state index contributed by atoms with van der Waals surface area (Å²) in [5, 5.41) is 2.63. The van der Waals surface area contributed by atoms with Crippen LogP contribution in [0.15, 0.2) is 11.8 Å². The number of carbonyl (C=O) groups is 2. The number of nitrogens with one attached hydrogen (secondary N) is 1. The van der Waals surface area contributed by atoms with Crippen molar-refractivity contribution in [1.82, 2.24) is 5.32 Å². The van der Waals surface area contributed by atoms with E-state index in [4.69, 9.17) is 25.8 Å². The van der Waals surface area contributed by atoms with E-state index < -0.39 is 12.4 Å². The molecule has 0 radical (unpaired) electrons. The average molecular weight is 332 g/mol. The van der Waals surface area contributed by atoms with Gasteiger partial charge >= 0.3 is 12.1 Å². The van der Waals surface area contributed by atoms with Crippen molar-refractivity contribution in [1.29, 1.82) is 0 Å². The Hall–Kier alpha value is -1.43. The fourth-order valence-corrected chi connectivity index (χ4v) is 3.32. The third-order valence-electron chi connectivity index (χ3n) is 4.32. The fraction of sp³-hybridized carbons (Fsp3) is 0.733. The third kappa shape index (κ3) is 3.66. The third-order valence-corrected chi connectivity index (χ3v) is 4.59. The number of carbonyl (C=O) groups excluding carboxylic acids is 2. The van der Waals surface area contributed by atoms with Gasteiger partial charge in [-0.3, -0.25) is 0 Å². The molecule has 7 heteroatoms. The first kappa shape index (κ1) is 16.9. The van der Waals surface area contributed by atoms with Gasteiger partial charge in [-0.25, -0.2) is 9.59 Å². The standard InChI is InChI=1S/C15H22ClNO5/c1-9-4-5-10-11(13(18)20-2)8-21-14(12(9)10)22-15(19)17-7-3-6-16/h8-10,12,14H,3-7H2,1-2H3,(H,17,19). The van der Waals surface area contributed by atoms with E-state index in [-0.39, 0.29) is 17.8 Å². The predicted octanol–water partition coefficient (Wildman–Crippen LogP) is 2.42. The van der Waals surface area contributed by atoms with E-state index in [2.05, 4.69) is 12.2 Å². The molecule has 0 saturated heterocycles. The van der Waals surface area contributed by atoms with Gasteiger partial charge in [-0.2, -0.15) is 0 Å². The number of hydrogen-bond donors (Lipinski definition) is 1. The van der Waals surface area contributed by atoms with Crippen molar-refractivity contribution in [3.63, 3.8) is 0 Å². The summed E-state index contributed by atoms with van der Waals surface area (Å²) >= 11 is 5.56. The Morgan fingerprint density at radius 1 is 1.45 bits per heavy atom. The largest absolute Gasteiger partial charge is 0.466 e. The molecule has 1 saturated carbocycles. The highest BCUT2D eigenvalue weighted by Gasteiger charge is 2.47. The van der Waals surface area contributed by atoms with Crippen LogP contribution in [0.1, 0.15) is 26.2 Å². The molecule has 22 heavy (non-hydrogen) atoms. The summed E-state index contributed by atoms with van der Waals surface area (Å²) in [6, 6.07) is 0. The van der Waals surface area contributed by atoms with Crippen LogP contribution in [-0.2, 0) is 19.0 Å². The molecule has 4 atom stereocenters. The first-order valence-electron chi connectivity index (χ1n) is 7.52. The Bertz CT molecular complexity index is 453. The number of halogens is 1. The second kappa shape index (κ2) is 7.72. The maximum absolute atomic E-state index is 11.8. The van der Waals surface area contributed by atoms with Gasteiger partial charge in [0.05, 0.1) is 18.9 Å². The number of amides is 1. The molecule has 2 rings (SSSR count). The van der Waals surface area contributed by atoms with Crippen LogP contribution in [0, 0.1) is 17.8 Å². The SMILES string of the molecule is COC(=O)C1=COC(OC(=O)NCCCCl)C2C(C)CCC12. The molecule has 1 fully saturated rings. The van der Waals surface area contributed by atoms with E-state index in [1.165, 1.54) is 13.4 Å². The van der Waals surface area contributed by atoms with Crippen molar-refractivity contribution in [2.75, 3.05) is 19.5 Å². The first-order valence-corrected chi connectivity index (χ1v) is 8.06. The van der Waals surface area contributed by atoms with Crippen molar-refractivity contribution in [2.24, 2.45) is 17.8 Å². The van der Waals surface area contributed by atoms with Crippen LogP contribution >= 0.6 is 11.6 Å². The molecule has 1 aliphatic heterocycles. The summed E-state index contributed by atoms with van der Waals surface area (Å²) in [5.41, 5.74) is 0.527. The second-order valence-corrected chi connectivity index (χ2v) is 6.06. The van der Waals surface area contributed by atoms with E-state index in [0.717, 1.165) is 12.8 Å². The van der Waals surface area contributed by atoms with Crippen molar-refractivity contribution in [2.45, 2.75) is 32.5 Å². The predicted molar refractivity (Wildman–Crippen MR) is 80.2 cm³/mol. The smallest absolute Gasteiger partial charge is 0.410 e. The molecule has 0 aromatic heterocycles. The number of methoxy groups -OCH3 is 1. The normalized spacial score (nSPS) is 29.9. The van der Waals surface area contributed by atoms with Crippen molar-refractivity contribution in [3.05, 3.63) is 11.8 Å². The van der Waals surface area contributed by atoms with E-state index in [1.54, 1.807) is 0 Å². The van der Waals surface area contributed by atoms with Crippen molar-refractivity contribution >= 4 is 23.7 Å². The molecule has 2 aliphatic rings. The van der Waals surface area contributed by atoms with Crippen LogP contribution in [0.25, 0.3) is 0 Å². The highest BCUT2D eigenvalue weighted by molar-refractivity contribution is 6.17. The average Bonchev–Trinajstić information content (AvgIpc) is 2.90. The monoisotopic (exact) mass is 331 g/mol. The molecule has 0 spiro atoms. The highest BCUT2D eigenvalue weighted by atomic mass is 35.5. The lowest BCUT2D eigenvalue weighted by Crippen LogP contribution is -2.41. The van der Waals surface area contributed by atoms with Crippen LogP contribution < -0.4 is 5.32 Å². The van der Waals surface area contributed by atoms with E-state index in [0.29, 0.717) is 30.3 Å². The summed E-state index contributed by atoms with van der Waals surface area (Å²) in [5.74, 6) is 0.385. The van der Waals surface area contributed by atoms with Crippen LogP contribution in [0.3, 0.4) is 0 Å². The van der Waals surface area contributed by atoms with Crippen LogP contribution in [0.2, 0.25) is 0 Å². The van der Waals surface area contributed by atoms with Crippen LogP contribution in [0.4, 0.5) is 4.79 Å². The molecule has 124 valence electrons. The lowest BCUT2D eigenvalue weighted by Gasteiger charge is -2.34. The Morgan fingerprint density at radius 3 is 2.91 bits per heavy atom.